The van der Waals surface area contributed by atoms with Gasteiger partial charge in [-0.1, -0.05) is 36.4 Å². The van der Waals surface area contributed by atoms with Crippen LogP contribution < -0.4 is 10.2 Å². The molecule has 4 nitrogen and oxygen atoms in total. The molecule has 28 heavy (non-hydrogen) atoms. The third-order valence-corrected chi connectivity index (χ3v) is 5.51. The minimum Gasteiger partial charge on any atom is -0.352 e. The number of carbonyl (C=O) groups is 2. The van der Waals surface area contributed by atoms with Crippen molar-refractivity contribution in [2.45, 2.75) is 39.2 Å². The van der Waals surface area contributed by atoms with Gasteiger partial charge in [0.1, 0.15) is 5.82 Å². The molecule has 0 aromatic heterocycles. The quantitative estimate of drug-likeness (QED) is 0.810. The van der Waals surface area contributed by atoms with Crippen LogP contribution in [-0.4, -0.2) is 18.4 Å². The van der Waals surface area contributed by atoms with Gasteiger partial charge in [0, 0.05) is 36.2 Å². The number of halogens is 1. The SMILES string of the molecule is CCN(C(=O)C1CCC(C(=O)NCc2ccccc2F)CC1)c1ccccc1. The van der Waals surface area contributed by atoms with Gasteiger partial charge in [0.25, 0.3) is 0 Å². The van der Waals surface area contributed by atoms with Gasteiger partial charge in [0.05, 0.1) is 0 Å². The number of hydrogen-bond donors (Lipinski definition) is 1. The zero-order valence-electron chi connectivity index (χ0n) is 16.2. The highest BCUT2D eigenvalue weighted by molar-refractivity contribution is 5.95. The monoisotopic (exact) mass is 382 g/mol. The molecular weight excluding hydrogens is 355 g/mol. The maximum absolute atomic E-state index is 13.7. The van der Waals surface area contributed by atoms with Crippen LogP contribution in [0.15, 0.2) is 54.6 Å². The molecule has 2 aromatic carbocycles. The topological polar surface area (TPSA) is 49.4 Å². The lowest BCUT2D eigenvalue weighted by Crippen LogP contribution is -2.40. The Kier molecular flexibility index (Phi) is 6.80. The standard InChI is InChI=1S/C23H27FN2O2/c1-2-26(20-9-4-3-5-10-20)23(28)18-14-12-17(13-15-18)22(27)25-16-19-8-6-7-11-21(19)24/h3-11,17-18H,2,12-16H2,1H3,(H,25,27). The lowest BCUT2D eigenvalue weighted by Gasteiger charge is -2.31. The Morgan fingerprint density at radius 1 is 0.964 bits per heavy atom. The molecule has 0 radical (unpaired) electrons. The first-order chi connectivity index (χ1) is 13.6. The summed E-state index contributed by atoms with van der Waals surface area (Å²) in [6, 6.07) is 16.2. The van der Waals surface area contributed by atoms with Gasteiger partial charge in [0.2, 0.25) is 11.8 Å². The summed E-state index contributed by atoms with van der Waals surface area (Å²) in [5, 5.41) is 2.84. The first-order valence-corrected chi connectivity index (χ1v) is 9.97. The Hall–Kier alpha value is -2.69. The summed E-state index contributed by atoms with van der Waals surface area (Å²) >= 11 is 0. The molecule has 0 spiro atoms. The summed E-state index contributed by atoms with van der Waals surface area (Å²) in [6.07, 6.45) is 2.79. The Morgan fingerprint density at radius 3 is 2.21 bits per heavy atom. The zero-order valence-corrected chi connectivity index (χ0v) is 16.2. The van der Waals surface area contributed by atoms with E-state index in [0.717, 1.165) is 5.69 Å². The van der Waals surface area contributed by atoms with E-state index in [0.29, 0.717) is 37.8 Å². The van der Waals surface area contributed by atoms with Crippen LogP contribution in [0.4, 0.5) is 10.1 Å². The summed E-state index contributed by atoms with van der Waals surface area (Å²) in [5.74, 6) is -0.375. The molecule has 1 fully saturated rings. The average Bonchev–Trinajstić information content (AvgIpc) is 2.74. The second-order valence-electron chi connectivity index (χ2n) is 7.28. The molecule has 2 aromatic rings. The number of hydrogen-bond acceptors (Lipinski definition) is 2. The van der Waals surface area contributed by atoms with Gasteiger partial charge in [-0.2, -0.15) is 0 Å². The molecule has 2 amide bonds. The van der Waals surface area contributed by atoms with Crippen molar-refractivity contribution in [3.8, 4) is 0 Å². The van der Waals surface area contributed by atoms with Gasteiger partial charge < -0.3 is 10.2 Å². The fourth-order valence-corrected chi connectivity index (χ4v) is 3.86. The number of carbonyl (C=O) groups excluding carboxylic acids is 2. The van der Waals surface area contributed by atoms with Crippen molar-refractivity contribution in [2.24, 2.45) is 11.8 Å². The van der Waals surface area contributed by atoms with Crippen LogP contribution in [0, 0.1) is 17.7 Å². The molecule has 0 aliphatic heterocycles. The summed E-state index contributed by atoms with van der Waals surface area (Å²) in [5.41, 5.74) is 1.40. The Labute approximate surface area is 165 Å². The van der Waals surface area contributed by atoms with Crippen LogP contribution in [0.25, 0.3) is 0 Å². The molecule has 3 rings (SSSR count). The zero-order chi connectivity index (χ0) is 19.9. The maximum Gasteiger partial charge on any atom is 0.230 e. The number of benzene rings is 2. The van der Waals surface area contributed by atoms with Crippen molar-refractivity contribution in [3.63, 3.8) is 0 Å². The van der Waals surface area contributed by atoms with Gasteiger partial charge in [-0.05, 0) is 50.8 Å². The van der Waals surface area contributed by atoms with E-state index in [2.05, 4.69) is 5.32 Å². The highest BCUT2D eigenvalue weighted by atomic mass is 19.1. The maximum atomic E-state index is 13.7. The van der Waals surface area contributed by atoms with E-state index in [-0.39, 0.29) is 36.0 Å². The molecular formula is C23H27FN2O2. The van der Waals surface area contributed by atoms with E-state index in [1.807, 2.05) is 42.2 Å². The van der Waals surface area contributed by atoms with Crippen LogP contribution in [0.1, 0.15) is 38.2 Å². The van der Waals surface area contributed by atoms with Crippen LogP contribution in [0.3, 0.4) is 0 Å². The Bertz CT molecular complexity index is 801. The van der Waals surface area contributed by atoms with Crippen molar-refractivity contribution in [1.29, 1.82) is 0 Å². The smallest absolute Gasteiger partial charge is 0.230 e. The van der Waals surface area contributed by atoms with Gasteiger partial charge >= 0.3 is 0 Å². The minimum atomic E-state index is -0.308. The third-order valence-electron chi connectivity index (χ3n) is 5.51. The van der Waals surface area contributed by atoms with E-state index in [9.17, 15) is 14.0 Å². The number of amides is 2. The molecule has 0 bridgehead atoms. The number of para-hydroxylation sites is 1. The van der Waals surface area contributed by atoms with E-state index >= 15 is 0 Å². The Balaban J connectivity index is 1.51. The van der Waals surface area contributed by atoms with Crippen molar-refractivity contribution in [2.75, 3.05) is 11.4 Å². The highest BCUT2D eigenvalue weighted by Crippen LogP contribution is 2.31. The number of nitrogens with zero attached hydrogens (tertiary/aromatic N) is 1. The number of anilines is 1. The minimum absolute atomic E-state index is 0.0456. The molecule has 1 saturated carbocycles. The molecule has 0 heterocycles. The Morgan fingerprint density at radius 2 is 1.57 bits per heavy atom. The third kappa shape index (κ3) is 4.77. The van der Waals surface area contributed by atoms with Crippen molar-refractivity contribution >= 4 is 17.5 Å². The molecule has 148 valence electrons. The predicted molar refractivity (Wildman–Crippen MR) is 108 cm³/mol. The van der Waals surface area contributed by atoms with Crippen LogP contribution in [0.5, 0.6) is 0 Å². The van der Waals surface area contributed by atoms with Crippen LogP contribution in [0.2, 0.25) is 0 Å². The molecule has 0 unspecified atom stereocenters. The average molecular weight is 382 g/mol. The van der Waals surface area contributed by atoms with E-state index in [4.69, 9.17) is 0 Å². The van der Waals surface area contributed by atoms with E-state index < -0.39 is 0 Å². The molecule has 1 N–H and O–H groups in total. The van der Waals surface area contributed by atoms with Gasteiger partial charge in [0.15, 0.2) is 0 Å². The lowest BCUT2D eigenvalue weighted by molar-refractivity contribution is -0.129. The molecule has 0 atom stereocenters. The molecule has 0 saturated heterocycles. The van der Waals surface area contributed by atoms with Crippen molar-refractivity contribution < 1.29 is 14.0 Å². The summed E-state index contributed by atoms with van der Waals surface area (Å²) in [6.45, 7) is 2.81. The fraction of sp³-hybridized carbons (Fsp3) is 0.391. The largest absolute Gasteiger partial charge is 0.352 e. The fourth-order valence-electron chi connectivity index (χ4n) is 3.86. The summed E-state index contributed by atoms with van der Waals surface area (Å²) in [4.78, 5) is 27.2. The van der Waals surface area contributed by atoms with Gasteiger partial charge in [-0.15, -0.1) is 0 Å². The van der Waals surface area contributed by atoms with Gasteiger partial charge in [-0.25, -0.2) is 4.39 Å². The van der Waals surface area contributed by atoms with E-state index in [1.165, 1.54) is 6.07 Å². The number of rotatable bonds is 6. The second kappa shape index (κ2) is 9.49. The van der Waals surface area contributed by atoms with Crippen LogP contribution >= 0.6 is 0 Å². The van der Waals surface area contributed by atoms with Crippen LogP contribution in [-0.2, 0) is 16.1 Å². The lowest BCUT2D eigenvalue weighted by atomic mass is 9.80. The van der Waals surface area contributed by atoms with Crippen molar-refractivity contribution in [1.82, 2.24) is 5.32 Å². The highest BCUT2D eigenvalue weighted by Gasteiger charge is 2.32. The van der Waals surface area contributed by atoms with Gasteiger partial charge in [-0.3, -0.25) is 9.59 Å². The predicted octanol–water partition coefficient (Wildman–Crippen LogP) is 4.30. The molecule has 1 aliphatic rings. The molecule has 1 aliphatic carbocycles. The summed E-state index contributed by atoms with van der Waals surface area (Å²) < 4.78 is 13.7. The number of nitrogens with one attached hydrogen (secondary N) is 1. The summed E-state index contributed by atoms with van der Waals surface area (Å²) in [7, 11) is 0. The normalized spacial score (nSPS) is 19.1. The van der Waals surface area contributed by atoms with E-state index in [1.54, 1.807) is 18.2 Å². The van der Waals surface area contributed by atoms with Crippen molar-refractivity contribution in [3.05, 3.63) is 66.0 Å². The second-order valence-corrected chi connectivity index (χ2v) is 7.28. The first-order valence-electron chi connectivity index (χ1n) is 9.97. The molecule has 5 heteroatoms. The first kappa shape index (κ1) is 20.1.